The Hall–Kier alpha value is -1.41. The predicted molar refractivity (Wildman–Crippen MR) is 95.0 cm³/mol. The minimum absolute atomic E-state index is 0.449. The van der Waals surface area contributed by atoms with Gasteiger partial charge in [0, 0.05) is 17.5 Å². The van der Waals surface area contributed by atoms with E-state index in [1.54, 1.807) is 0 Å². The molecule has 110 valence electrons. The van der Waals surface area contributed by atoms with E-state index in [1.165, 1.54) is 34.7 Å². The van der Waals surface area contributed by atoms with Gasteiger partial charge in [0.05, 0.1) is 0 Å². The molecule has 1 aliphatic rings. The Labute approximate surface area is 132 Å². The Morgan fingerprint density at radius 1 is 0.952 bits per heavy atom. The van der Waals surface area contributed by atoms with E-state index in [0.717, 1.165) is 0 Å². The lowest BCUT2D eigenvalue weighted by Crippen LogP contribution is -2.35. The van der Waals surface area contributed by atoms with Crippen LogP contribution >= 0.6 is 11.8 Å². The molecule has 1 atom stereocenters. The van der Waals surface area contributed by atoms with Gasteiger partial charge >= 0.3 is 0 Å². The maximum atomic E-state index is 3.69. The first-order valence-corrected chi connectivity index (χ1v) is 8.78. The van der Waals surface area contributed by atoms with Gasteiger partial charge in [0.2, 0.25) is 0 Å². The van der Waals surface area contributed by atoms with E-state index in [2.05, 4.69) is 85.5 Å². The molecule has 0 aliphatic carbocycles. The molecule has 0 radical (unpaired) electrons. The van der Waals surface area contributed by atoms with Gasteiger partial charge in [0.15, 0.2) is 0 Å². The van der Waals surface area contributed by atoms with Crippen molar-refractivity contribution in [1.82, 2.24) is 0 Å². The molecule has 0 bridgehead atoms. The zero-order valence-electron chi connectivity index (χ0n) is 12.8. The van der Waals surface area contributed by atoms with Gasteiger partial charge in [0.1, 0.15) is 0 Å². The van der Waals surface area contributed by atoms with Crippen molar-refractivity contribution in [2.24, 2.45) is 5.41 Å². The summed E-state index contributed by atoms with van der Waals surface area (Å²) in [6.45, 7) is 4.73. The first kappa shape index (κ1) is 14.5. The standard InChI is InChI=1S/C19H23NS/c1-19(2)12-18(13-21-14-19)20-17-10-8-16(9-11-17)15-6-4-3-5-7-15/h3-11,18,20H,12-14H2,1-2H3. The summed E-state index contributed by atoms with van der Waals surface area (Å²) in [7, 11) is 0. The number of hydrogen-bond donors (Lipinski definition) is 1. The number of thioether (sulfide) groups is 1. The van der Waals surface area contributed by atoms with Crippen LogP contribution in [-0.2, 0) is 0 Å². The van der Waals surface area contributed by atoms with Gasteiger partial charge < -0.3 is 5.32 Å². The van der Waals surface area contributed by atoms with E-state index in [9.17, 15) is 0 Å². The van der Waals surface area contributed by atoms with Crippen LogP contribution in [0.15, 0.2) is 54.6 Å². The molecule has 1 saturated heterocycles. The van der Waals surface area contributed by atoms with Gasteiger partial charge in [0.25, 0.3) is 0 Å². The van der Waals surface area contributed by atoms with E-state index in [1.807, 2.05) is 0 Å². The van der Waals surface area contributed by atoms with E-state index in [0.29, 0.717) is 11.5 Å². The Morgan fingerprint density at radius 2 is 1.62 bits per heavy atom. The van der Waals surface area contributed by atoms with E-state index < -0.39 is 0 Å². The summed E-state index contributed by atoms with van der Waals surface area (Å²) in [5.74, 6) is 2.49. The molecule has 2 heteroatoms. The quantitative estimate of drug-likeness (QED) is 0.825. The van der Waals surface area contributed by atoms with Gasteiger partial charge in [-0.15, -0.1) is 0 Å². The number of benzene rings is 2. The predicted octanol–water partition coefficient (Wildman–Crippen LogP) is 5.30. The molecule has 1 aliphatic heterocycles. The van der Waals surface area contributed by atoms with Crippen LogP contribution in [-0.4, -0.2) is 17.5 Å². The molecule has 1 N–H and O–H groups in total. The largest absolute Gasteiger partial charge is 0.381 e. The zero-order chi connectivity index (χ0) is 14.7. The second kappa shape index (κ2) is 6.15. The Morgan fingerprint density at radius 3 is 2.29 bits per heavy atom. The second-order valence-corrected chi connectivity index (χ2v) is 7.70. The van der Waals surface area contributed by atoms with Crippen LogP contribution in [0.4, 0.5) is 5.69 Å². The van der Waals surface area contributed by atoms with Crippen LogP contribution in [0.2, 0.25) is 0 Å². The first-order chi connectivity index (χ1) is 10.1. The van der Waals surface area contributed by atoms with Gasteiger partial charge in [-0.05, 0) is 40.8 Å². The van der Waals surface area contributed by atoms with Gasteiger partial charge in [-0.2, -0.15) is 11.8 Å². The molecule has 1 unspecified atom stereocenters. The second-order valence-electron chi connectivity index (χ2n) is 6.67. The fraction of sp³-hybridized carbons (Fsp3) is 0.368. The third-order valence-electron chi connectivity index (χ3n) is 3.97. The summed E-state index contributed by atoms with van der Waals surface area (Å²) in [5.41, 5.74) is 4.24. The van der Waals surface area contributed by atoms with Gasteiger partial charge in [-0.25, -0.2) is 0 Å². The lowest BCUT2D eigenvalue weighted by atomic mass is 9.88. The highest BCUT2D eigenvalue weighted by atomic mass is 32.2. The molecule has 1 heterocycles. The Balaban J connectivity index is 1.67. The van der Waals surface area contributed by atoms with Crippen molar-refractivity contribution in [3.8, 4) is 11.1 Å². The normalized spacial score (nSPS) is 21.0. The molecular formula is C19H23NS. The van der Waals surface area contributed by atoms with E-state index in [-0.39, 0.29) is 0 Å². The molecule has 2 aromatic rings. The highest BCUT2D eigenvalue weighted by molar-refractivity contribution is 7.99. The molecule has 0 saturated carbocycles. The summed E-state index contributed by atoms with van der Waals surface area (Å²) in [6.07, 6.45) is 1.25. The fourth-order valence-corrected chi connectivity index (χ4v) is 4.25. The van der Waals surface area contributed by atoms with Crippen molar-refractivity contribution in [3.63, 3.8) is 0 Å². The molecule has 0 spiro atoms. The van der Waals surface area contributed by atoms with Crippen LogP contribution in [0.3, 0.4) is 0 Å². The minimum atomic E-state index is 0.449. The minimum Gasteiger partial charge on any atom is -0.381 e. The summed E-state index contributed by atoms with van der Waals surface area (Å²) < 4.78 is 0. The average molecular weight is 297 g/mol. The third kappa shape index (κ3) is 3.82. The molecular weight excluding hydrogens is 274 g/mol. The lowest BCUT2D eigenvalue weighted by molar-refractivity contribution is 0.358. The number of anilines is 1. The monoisotopic (exact) mass is 297 g/mol. The summed E-state index contributed by atoms with van der Waals surface area (Å²) in [4.78, 5) is 0. The number of hydrogen-bond acceptors (Lipinski definition) is 2. The Kier molecular flexibility index (Phi) is 4.25. The van der Waals surface area contributed by atoms with Crippen molar-refractivity contribution < 1.29 is 0 Å². The Bertz CT molecular complexity index is 574. The van der Waals surface area contributed by atoms with Crippen LogP contribution in [0.5, 0.6) is 0 Å². The topological polar surface area (TPSA) is 12.0 Å². The third-order valence-corrected chi connectivity index (χ3v) is 5.60. The van der Waals surface area contributed by atoms with Crippen molar-refractivity contribution in [3.05, 3.63) is 54.6 Å². The smallest absolute Gasteiger partial charge is 0.0357 e. The zero-order valence-corrected chi connectivity index (χ0v) is 13.6. The van der Waals surface area contributed by atoms with E-state index in [4.69, 9.17) is 0 Å². The van der Waals surface area contributed by atoms with Gasteiger partial charge in [-0.3, -0.25) is 0 Å². The lowest BCUT2D eigenvalue weighted by Gasteiger charge is -2.35. The molecule has 0 amide bonds. The summed E-state index contributed by atoms with van der Waals surface area (Å²) >= 11 is 2.07. The van der Waals surface area contributed by atoms with Crippen LogP contribution in [0.1, 0.15) is 20.3 Å². The maximum Gasteiger partial charge on any atom is 0.0357 e. The summed E-state index contributed by atoms with van der Waals surface area (Å²) in [6, 6.07) is 19.9. The molecule has 3 rings (SSSR count). The fourth-order valence-electron chi connectivity index (χ4n) is 2.98. The number of rotatable bonds is 3. The average Bonchev–Trinajstić information content (AvgIpc) is 2.48. The van der Waals surface area contributed by atoms with Crippen LogP contribution < -0.4 is 5.32 Å². The SMILES string of the molecule is CC1(C)CSCC(Nc2ccc(-c3ccccc3)cc2)C1. The molecule has 0 aromatic heterocycles. The first-order valence-electron chi connectivity index (χ1n) is 7.62. The number of nitrogens with one attached hydrogen (secondary N) is 1. The highest BCUT2D eigenvalue weighted by Crippen LogP contribution is 2.34. The van der Waals surface area contributed by atoms with Gasteiger partial charge in [-0.1, -0.05) is 56.3 Å². The van der Waals surface area contributed by atoms with Crippen LogP contribution in [0, 0.1) is 5.41 Å². The van der Waals surface area contributed by atoms with Crippen molar-refractivity contribution in [2.75, 3.05) is 16.8 Å². The highest BCUT2D eigenvalue weighted by Gasteiger charge is 2.28. The molecule has 1 fully saturated rings. The summed E-state index contributed by atoms with van der Waals surface area (Å²) in [5, 5.41) is 3.69. The molecule has 1 nitrogen and oxygen atoms in total. The van der Waals surface area contributed by atoms with Crippen LogP contribution in [0.25, 0.3) is 11.1 Å². The van der Waals surface area contributed by atoms with Crippen molar-refractivity contribution in [2.45, 2.75) is 26.3 Å². The molecule has 21 heavy (non-hydrogen) atoms. The molecule has 2 aromatic carbocycles. The van der Waals surface area contributed by atoms with E-state index >= 15 is 0 Å². The van der Waals surface area contributed by atoms with Crippen molar-refractivity contribution >= 4 is 17.4 Å². The maximum absolute atomic E-state index is 3.69. The van der Waals surface area contributed by atoms with Crippen molar-refractivity contribution in [1.29, 1.82) is 0 Å².